The summed E-state index contributed by atoms with van der Waals surface area (Å²) in [6.45, 7) is 1.63. The third kappa shape index (κ3) is 2.97. The zero-order valence-corrected chi connectivity index (χ0v) is 11.0. The van der Waals surface area contributed by atoms with Crippen molar-refractivity contribution in [2.24, 2.45) is 11.3 Å². The van der Waals surface area contributed by atoms with E-state index in [0.29, 0.717) is 0 Å². The third-order valence-corrected chi connectivity index (χ3v) is 4.28. The monoisotopic (exact) mass is 293 g/mol. The Hall–Kier alpha value is -1.11. The van der Waals surface area contributed by atoms with Crippen molar-refractivity contribution < 1.29 is 27.5 Å². The van der Waals surface area contributed by atoms with Gasteiger partial charge in [0.1, 0.15) is 5.41 Å². The fourth-order valence-corrected chi connectivity index (χ4v) is 2.81. The van der Waals surface area contributed by atoms with E-state index in [-0.39, 0.29) is 31.7 Å². The summed E-state index contributed by atoms with van der Waals surface area (Å²) < 4.78 is 43.5. The molecule has 0 aromatic carbocycles. The Morgan fingerprint density at radius 3 is 2.40 bits per heavy atom. The Kier molecular flexibility index (Phi) is 4.36. The molecule has 1 aliphatic carbocycles. The van der Waals surface area contributed by atoms with Crippen LogP contribution >= 0.6 is 0 Å². The molecule has 1 N–H and O–H groups in total. The number of carbonyl (C=O) groups excluding carboxylic acids is 2. The van der Waals surface area contributed by atoms with Crippen molar-refractivity contribution in [3.8, 4) is 0 Å². The van der Waals surface area contributed by atoms with E-state index in [0.717, 1.165) is 25.9 Å². The molecule has 20 heavy (non-hydrogen) atoms. The number of alkyl halides is 3. The van der Waals surface area contributed by atoms with E-state index in [1.54, 1.807) is 0 Å². The zero-order valence-electron chi connectivity index (χ0n) is 11.0. The van der Waals surface area contributed by atoms with Gasteiger partial charge in [-0.3, -0.25) is 9.59 Å². The maximum Gasteiger partial charge on any atom is 0.401 e. The van der Waals surface area contributed by atoms with Crippen molar-refractivity contribution in [1.29, 1.82) is 0 Å². The maximum atomic E-state index is 13.0. The van der Waals surface area contributed by atoms with Crippen molar-refractivity contribution in [2.75, 3.05) is 13.1 Å². The lowest BCUT2D eigenvalue weighted by Crippen LogP contribution is -2.42. The van der Waals surface area contributed by atoms with Gasteiger partial charge in [0.05, 0.1) is 0 Å². The fraction of sp³-hybridized carbons (Fsp3) is 0.846. The molecule has 1 unspecified atom stereocenters. The van der Waals surface area contributed by atoms with Gasteiger partial charge in [-0.25, -0.2) is 0 Å². The number of nitrogens with one attached hydrogen (secondary N) is 1. The second kappa shape index (κ2) is 5.71. The molecule has 2 fully saturated rings. The number of ketones is 1. The lowest BCUT2D eigenvalue weighted by atomic mass is 9.86. The van der Waals surface area contributed by atoms with Gasteiger partial charge < -0.3 is 10.1 Å². The van der Waals surface area contributed by atoms with Gasteiger partial charge in [0.25, 0.3) is 6.47 Å². The second-order valence-electron chi connectivity index (χ2n) is 5.59. The molecular weight excluding hydrogens is 275 g/mol. The van der Waals surface area contributed by atoms with Gasteiger partial charge in [0.2, 0.25) is 0 Å². The van der Waals surface area contributed by atoms with Crippen LogP contribution < -0.4 is 5.32 Å². The number of hydrogen-bond acceptors (Lipinski definition) is 4. The van der Waals surface area contributed by atoms with Crippen LogP contribution in [0.25, 0.3) is 0 Å². The van der Waals surface area contributed by atoms with E-state index in [2.05, 4.69) is 10.1 Å². The minimum absolute atomic E-state index is 0.0795. The number of halogens is 3. The lowest BCUT2D eigenvalue weighted by Gasteiger charge is -2.28. The summed E-state index contributed by atoms with van der Waals surface area (Å²) in [5.41, 5.74) is -2.27. The van der Waals surface area contributed by atoms with E-state index in [9.17, 15) is 22.8 Å². The SMILES string of the molecule is O=COC(CC1CCNCC1)C(=O)C1(C(F)(F)F)CC1. The highest BCUT2D eigenvalue weighted by atomic mass is 19.4. The van der Waals surface area contributed by atoms with Crippen molar-refractivity contribution in [3.63, 3.8) is 0 Å². The first-order valence-electron chi connectivity index (χ1n) is 6.81. The van der Waals surface area contributed by atoms with Gasteiger partial charge in [0, 0.05) is 0 Å². The van der Waals surface area contributed by atoms with Crippen LogP contribution in [0.4, 0.5) is 13.2 Å². The Labute approximate surface area is 115 Å². The van der Waals surface area contributed by atoms with Crippen LogP contribution in [0.15, 0.2) is 0 Å². The number of Topliss-reactive ketones (excluding diaryl/α,β-unsaturated/α-hetero) is 1. The predicted molar refractivity (Wildman–Crippen MR) is 63.9 cm³/mol. The highest BCUT2D eigenvalue weighted by molar-refractivity contribution is 5.92. The minimum Gasteiger partial charge on any atom is -0.457 e. The summed E-state index contributed by atoms with van der Waals surface area (Å²) in [6, 6.07) is 0. The van der Waals surface area contributed by atoms with Crippen LogP contribution in [0.1, 0.15) is 32.1 Å². The van der Waals surface area contributed by atoms with Gasteiger partial charge in [-0.05, 0) is 51.1 Å². The first-order chi connectivity index (χ1) is 9.40. The smallest absolute Gasteiger partial charge is 0.401 e. The molecule has 1 heterocycles. The maximum absolute atomic E-state index is 13.0. The number of hydrogen-bond donors (Lipinski definition) is 1. The van der Waals surface area contributed by atoms with Crippen LogP contribution in [0.2, 0.25) is 0 Å². The molecule has 0 aromatic heterocycles. The van der Waals surface area contributed by atoms with E-state index in [4.69, 9.17) is 0 Å². The first kappa shape index (κ1) is 15.3. The molecular formula is C13H18F3NO3. The minimum atomic E-state index is -4.55. The molecule has 1 atom stereocenters. The van der Waals surface area contributed by atoms with Gasteiger partial charge in [-0.2, -0.15) is 13.2 Å². The fourth-order valence-electron chi connectivity index (χ4n) is 2.81. The first-order valence-corrected chi connectivity index (χ1v) is 6.81. The summed E-state index contributed by atoms with van der Waals surface area (Å²) in [7, 11) is 0. The molecule has 0 amide bonds. The molecule has 1 saturated carbocycles. The van der Waals surface area contributed by atoms with Crippen LogP contribution in [0.3, 0.4) is 0 Å². The van der Waals surface area contributed by atoms with Gasteiger partial charge in [-0.15, -0.1) is 0 Å². The van der Waals surface area contributed by atoms with E-state index in [1.807, 2.05) is 0 Å². The highest BCUT2D eigenvalue weighted by Gasteiger charge is 2.69. The third-order valence-electron chi connectivity index (χ3n) is 4.28. The van der Waals surface area contributed by atoms with E-state index >= 15 is 0 Å². The quantitative estimate of drug-likeness (QED) is 0.759. The average molecular weight is 293 g/mol. The molecule has 1 aliphatic heterocycles. The zero-order chi connectivity index (χ0) is 14.8. The van der Waals surface area contributed by atoms with Crippen LogP contribution in [0.5, 0.6) is 0 Å². The van der Waals surface area contributed by atoms with Gasteiger partial charge in [0.15, 0.2) is 11.9 Å². The molecule has 0 aromatic rings. The number of carbonyl (C=O) groups is 2. The molecule has 0 spiro atoms. The van der Waals surface area contributed by atoms with Crippen LogP contribution in [-0.4, -0.2) is 37.6 Å². The largest absolute Gasteiger partial charge is 0.457 e. The number of rotatable bonds is 6. The highest BCUT2D eigenvalue weighted by Crippen LogP contribution is 2.59. The van der Waals surface area contributed by atoms with Crippen molar-refractivity contribution in [3.05, 3.63) is 0 Å². The summed E-state index contributed by atoms with van der Waals surface area (Å²) in [5.74, 6) is -0.857. The van der Waals surface area contributed by atoms with Crippen molar-refractivity contribution in [2.45, 2.75) is 44.4 Å². The van der Waals surface area contributed by atoms with Crippen molar-refractivity contribution in [1.82, 2.24) is 5.32 Å². The Bertz CT molecular complexity index is 374. The molecule has 0 radical (unpaired) electrons. The topological polar surface area (TPSA) is 55.4 Å². The Balaban J connectivity index is 2.04. The number of piperidine rings is 1. The average Bonchev–Trinajstić information content (AvgIpc) is 3.19. The second-order valence-corrected chi connectivity index (χ2v) is 5.59. The summed E-state index contributed by atoms with van der Waals surface area (Å²) in [4.78, 5) is 22.6. The summed E-state index contributed by atoms with van der Waals surface area (Å²) in [5, 5.41) is 3.14. The van der Waals surface area contributed by atoms with Crippen LogP contribution in [-0.2, 0) is 14.3 Å². The Morgan fingerprint density at radius 1 is 1.35 bits per heavy atom. The summed E-state index contributed by atoms with van der Waals surface area (Å²) in [6.07, 6.45) is -4.45. The summed E-state index contributed by atoms with van der Waals surface area (Å²) >= 11 is 0. The predicted octanol–water partition coefficient (Wildman–Crippen LogP) is 1.83. The van der Waals surface area contributed by atoms with Gasteiger partial charge in [-0.1, -0.05) is 0 Å². The van der Waals surface area contributed by atoms with E-state index < -0.39 is 23.5 Å². The molecule has 7 heteroatoms. The standard InChI is InChI=1S/C13H18F3NO3/c14-13(15,16)12(3-4-12)11(19)10(20-8-18)7-9-1-5-17-6-2-9/h8-10,17H,1-7H2. The normalized spacial score (nSPS) is 23.9. The molecule has 4 nitrogen and oxygen atoms in total. The molecule has 1 saturated heterocycles. The molecule has 2 rings (SSSR count). The van der Waals surface area contributed by atoms with Crippen molar-refractivity contribution >= 4 is 12.3 Å². The molecule has 2 aliphatic rings. The lowest BCUT2D eigenvalue weighted by molar-refractivity contribution is -0.197. The van der Waals surface area contributed by atoms with Crippen LogP contribution in [0, 0.1) is 11.3 Å². The molecule has 0 bridgehead atoms. The van der Waals surface area contributed by atoms with E-state index in [1.165, 1.54) is 0 Å². The van der Waals surface area contributed by atoms with Gasteiger partial charge >= 0.3 is 6.18 Å². The Morgan fingerprint density at radius 2 is 1.95 bits per heavy atom. The number of ether oxygens (including phenoxy) is 1. The molecule has 114 valence electrons.